The van der Waals surface area contributed by atoms with Crippen molar-refractivity contribution in [1.29, 1.82) is 0 Å². The summed E-state index contributed by atoms with van der Waals surface area (Å²) in [5.74, 6) is 0.622. The van der Waals surface area contributed by atoms with E-state index in [1.54, 1.807) is 12.1 Å². The van der Waals surface area contributed by atoms with Crippen LogP contribution in [0.1, 0.15) is 22.8 Å². The van der Waals surface area contributed by atoms with Gasteiger partial charge in [-0.2, -0.15) is 0 Å². The van der Waals surface area contributed by atoms with Crippen LogP contribution >= 0.6 is 11.6 Å². The summed E-state index contributed by atoms with van der Waals surface area (Å²) in [6.45, 7) is 4.28. The number of carbonyl (C=O) groups is 1. The molecule has 0 aliphatic carbocycles. The highest BCUT2D eigenvalue weighted by atomic mass is 35.5. The van der Waals surface area contributed by atoms with Crippen LogP contribution < -0.4 is 14.8 Å². The minimum atomic E-state index is -0.256. The maximum atomic E-state index is 12.3. The first kappa shape index (κ1) is 16.2. The average Bonchev–Trinajstić information content (AvgIpc) is 2.49. The van der Waals surface area contributed by atoms with Crippen molar-refractivity contribution in [3.8, 4) is 11.5 Å². The first-order valence-electron chi connectivity index (χ1n) is 6.93. The minimum absolute atomic E-state index is 0.256. The number of rotatable bonds is 5. The van der Waals surface area contributed by atoms with E-state index in [0.717, 1.165) is 11.3 Å². The molecule has 0 atom stereocenters. The molecule has 5 heteroatoms. The van der Waals surface area contributed by atoms with E-state index in [4.69, 9.17) is 21.1 Å². The molecule has 0 unspecified atom stereocenters. The summed E-state index contributed by atoms with van der Waals surface area (Å²) >= 11 is 6.18. The Balaban J connectivity index is 2.28. The number of methoxy groups -OCH3 is 1. The maximum absolute atomic E-state index is 12.3. The number of halogens is 1. The van der Waals surface area contributed by atoms with Gasteiger partial charge in [0.15, 0.2) is 11.5 Å². The van der Waals surface area contributed by atoms with E-state index in [9.17, 15) is 4.79 Å². The number of hydrogen-bond donors (Lipinski definition) is 1. The molecular formula is C17H18ClNO3. The number of aryl methyl sites for hydroxylation is 1. The fourth-order valence-electron chi connectivity index (χ4n) is 2.06. The Bertz CT molecular complexity index is 686. The first-order chi connectivity index (χ1) is 10.5. The molecule has 0 aliphatic heterocycles. The zero-order valence-corrected chi connectivity index (χ0v) is 13.5. The SMILES string of the molecule is CCOc1c(Cl)cc(C(=O)Nc2cccc(C)c2)cc1OC. The summed E-state index contributed by atoms with van der Waals surface area (Å²) in [7, 11) is 1.51. The Kier molecular flexibility index (Phi) is 5.28. The summed E-state index contributed by atoms with van der Waals surface area (Å²) in [6.07, 6.45) is 0. The van der Waals surface area contributed by atoms with Crippen molar-refractivity contribution >= 4 is 23.2 Å². The third-order valence-electron chi connectivity index (χ3n) is 3.06. The van der Waals surface area contributed by atoms with Crippen molar-refractivity contribution < 1.29 is 14.3 Å². The molecule has 0 saturated heterocycles. The van der Waals surface area contributed by atoms with Crippen LogP contribution in [-0.2, 0) is 0 Å². The van der Waals surface area contributed by atoms with Crippen LogP contribution in [0.4, 0.5) is 5.69 Å². The van der Waals surface area contributed by atoms with Gasteiger partial charge in [-0.3, -0.25) is 4.79 Å². The molecule has 0 bridgehead atoms. The van der Waals surface area contributed by atoms with Crippen molar-refractivity contribution in [2.45, 2.75) is 13.8 Å². The molecule has 0 aliphatic rings. The van der Waals surface area contributed by atoms with Gasteiger partial charge in [0.25, 0.3) is 5.91 Å². The van der Waals surface area contributed by atoms with E-state index in [2.05, 4.69) is 5.32 Å². The highest BCUT2D eigenvalue weighted by Crippen LogP contribution is 2.36. The lowest BCUT2D eigenvalue weighted by Gasteiger charge is -2.13. The van der Waals surface area contributed by atoms with Gasteiger partial charge in [-0.25, -0.2) is 0 Å². The van der Waals surface area contributed by atoms with Crippen molar-refractivity contribution in [3.63, 3.8) is 0 Å². The molecule has 1 amide bonds. The van der Waals surface area contributed by atoms with Gasteiger partial charge in [0.05, 0.1) is 18.7 Å². The Labute approximate surface area is 135 Å². The highest BCUT2D eigenvalue weighted by Gasteiger charge is 2.15. The van der Waals surface area contributed by atoms with Crippen LogP contribution in [0.25, 0.3) is 0 Å². The lowest BCUT2D eigenvalue weighted by molar-refractivity contribution is 0.102. The Morgan fingerprint density at radius 1 is 1.27 bits per heavy atom. The predicted molar refractivity (Wildman–Crippen MR) is 88.3 cm³/mol. The van der Waals surface area contributed by atoms with E-state index >= 15 is 0 Å². The molecule has 0 aromatic heterocycles. The number of benzene rings is 2. The van der Waals surface area contributed by atoms with E-state index in [1.165, 1.54) is 7.11 Å². The van der Waals surface area contributed by atoms with Gasteiger partial charge in [0.2, 0.25) is 0 Å². The molecule has 0 saturated carbocycles. The van der Waals surface area contributed by atoms with Crippen LogP contribution in [0.2, 0.25) is 5.02 Å². The second-order valence-electron chi connectivity index (χ2n) is 4.75. The first-order valence-corrected chi connectivity index (χ1v) is 7.31. The Morgan fingerprint density at radius 3 is 2.68 bits per heavy atom. The lowest BCUT2D eigenvalue weighted by Crippen LogP contribution is -2.12. The molecule has 116 valence electrons. The molecule has 0 spiro atoms. The molecular weight excluding hydrogens is 302 g/mol. The molecule has 0 fully saturated rings. The van der Waals surface area contributed by atoms with Gasteiger partial charge >= 0.3 is 0 Å². The highest BCUT2D eigenvalue weighted by molar-refractivity contribution is 6.32. The van der Waals surface area contributed by atoms with E-state index in [-0.39, 0.29) is 5.91 Å². The summed E-state index contributed by atoms with van der Waals surface area (Å²) in [6, 6.07) is 10.8. The van der Waals surface area contributed by atoms with Crippen molar-refractivity contribution in [2.24, 2.45) is 0 Å². The smallest absolute Gasteiger partial charge is 0.255 e. The van der Waals surface area contributed by atoms with E-state index in [0.29, 0.717) is 28.7 Å². The lowest BCUT2D eigenvalue weighted by atomic mass is 10.1. The normalized spacial score (nSPS) is 10.2. The second-order valence-corrected chi connectivity index (χ2v) is 5.15. The zero-order valence-electron chi connectivity index (χ0n) is 12.8. The molecule has 0 heterocycles. The molecule has 0 radical (unpaired) electrons. The van der Waals surface area contributed by atoms with Crippen LogP contribution in [-0.4, -0.2) is 19.6 Å². The van der Waals surface area contributed by atoms with Gasteiger partial charge in [0, 0.05) is 11.3 Å². The third-order valence-corrected chi connectivity index (χ3v) is 3.34. The van der Waals surface area contributed by atoms with Crippen molar-refractivity contribution in [3.05, 3.63) is 52.5 Å². The number of hydrogen-bond acceptors (Lipinski definition) is 3. The van der Waals surface area contributed by atoms with Gasteiger partial charge in [-0.15, -0.1) is 0 Å². The summed E-state index contributed by atoms with van der Waals surface area (Å²) in [5, 5.41) is 3.18. The van der Waals surface area contributed by atoms with Crippen LogP contribution in [0, 0.1) is 6.92 Å². The molecule has 2 aromatic rings. The van der Waals surface area contributed by atoms with Crippen molar-refractivity contribution in [2.75, 3.05) is 19.0 Å². The van der Waals surface area contributed by atoms with Gasteiger partial charge < -0.3 is 14.8 Å². The topological polar surface area (TPSA) is 47.6 Å². The number of anilines is 1. The molecule has 1 N–H and O–H groups in total. The van der Waals surface area contributed by atoms with E-state index in [1.807, 2.05) is 38.1 Å². The molecule has 2 rings (SSSR count). The predicted octanol–water partition coefficient (Wildman–Crippen LogP) is 4.31. The fourth-order valence-corrected chi connectivity index (χ4v) is 2.33. The molecule has 2 aromatic carbocycles. The monoisotopic (exact) mass is 319 g/mol. The van der Waals surface area contributed by atoms with Gasteiger partial charge in [-0.1, -0.05) is 23.7 Å². The Morgan fingerprint density at radius 2 is 2.05 bits per heavy atom. The minimum Gasteiger partial charge on any atom is -0.493 e. The summed E-state index contributed by atoms with van der Waals surface area (Å²) in [4.78, 5) is 12.3. The number of nitrogens with one attached hydrogen (secondary N) is 1. The van der Waals surface area contributed by atoms with Gasteiger partial charge in [-0.05, 0) is 43.7 Å². The number of amides is 1. The van der Waals surface area contributed by atoms with E-state index < -0.39 is 0 Å². The zero-order chi connectivity index (χ0) is 16.1. The number of ether oxygens (including phenoxy) is 2. The average molecular weight is 320 g/mol. The number of carbonyl (C=O) groups excluding carboxylic acids is 1. The summed E-state index contributed by atoms with van der Waals surface area (Å²) in [5.41, 5.74) is 2.21. The maximum Gasteiger partial charge on any atom is 0.255 e. The third kappa shape index (κ3) is 3.71. The Hall–Kier alpha value is -2.20. The largest absolute Gasteiger partial charge is 0.493 e. The van der Waals surface area contributed by atoms with Crippen LogP contribution in [0.3, 0.4) is 0 Å². The van der Waals surface area contributed by atoms with Crippen molar-refractivity contribution in [1.82, 2.24) is 0 Å². The molecule has 4 nitrogen and oxygen atoms in total. The van der Waals surface area contributed by atoms with Gasteiger partial charge in [0.1, 0.15) is 0 Å². The van der Waals surface area contributed by atoms with Crippen LogP contribution in [0.5, 0.6) is 11.5 Å². The quantitative estimate of drug-likeness (QED) is 0.893. The fraction of sp³-hybridized carbons (Fsp3) is 0.235. The van der Waals surface area contributed by atoms with Crippen LogP contribution in [0.15, 0.2) is 36.4 Å². The molecule has 22 heavy (non-hydrogen) atoms. The second kappa shape index (κ2) is 7.18. The standard InChI is InChI=1S/C17H18ClNO3/c1-4-22-16-14(18)9-12(10-15(16)21-3)17(20)19-13-7-5-6-11(2)8-13/h5-10H,4H2,1-3H3,(H,19,20). The summed E-state index contributed by atoms with van der Waals surface area (Å²) < 4.78 is 10.7.